The van der Waals surface area contributed by atoms with Gasteiger partial charge in [-0.2, -0.15) is 18.4 Å². The lowest BCUT2D eigenvalue weighted by Crippen LogP contribution is -2.08. The normalized spacial score (nSPS) is 11.4. The van der Waals surface area contributed by atoms with Gasteiger partial charge in [-0.3, -0.25) is 9.55 Å². The third-order valence-corrected chi connectivity index (χ3v) is 4.27. The maximum atomic E-state index is 12.8. The van der Waals surface area contributed by atoms with E-state index in [1.807, 2.05) is 0 Å². The third-order valence-electron chi connectivity index (χ3n) is 4.27. The summed E-state index contributed by atoms with van der Waals surface area (Å²) in [6.07, 6.45) is 0.231. The lowest BCUT2D eigenvalue weighted by atomic mass is 10.1. The van der Waals surface area contributed by atoms with Crippen LogP contribution < -0.4 is 5.32 Å². The number of imidazole rings is 1. The first-order chi connectivity index (χ1) is 13.9. The minimum absolute atomic E-state index is 0.165. The highest BCUT2D eigenvalue weighted by molar-refractivity contribution is 5.78. The predicted molar refractivity (Wildman–Crippen MR) is 100 cm³/mol. The molecule has 0 aliphatic heterocycles. The highest BCUT2D eigenvalue weighted by Gasteiger charge is 2.30. The molecule has 4 rings (SSSR count). The van der Waals surface area contributed by atoms with Gasteiger partial charge in [0.15, 0.2) is 5.82 Å². The Labute approximate surface area is 163 Å². The number of aromatic nitrogens is 4. The van der Waals surface area contributed by atoms with Gasteiger partial charge in [-0.15, -0.1) is 0 Å². The molecule has 1 N–H and O–H groups in total. The van der Waals surface area contributed by atoms with Gasteiger partial charge in [0.2, 0.25) is 0 Å². The van der Waals surface area contributed by atoms with E-state index < -0.39 is 11.7 Å². The van der Waals surface area contributed by atoms with Crippen molar-refractivity contribution in [2.75, 3.05) is 5.32 Å². The van der Waals surface area contributed by atoms with Crippen molar-refractivity contribution in [3.63, 3.8) is 0 Å². The molecular formula is C20H13F3N6. The van der Waals surface area contributed by atoms with E-state index in [1.165, 1.54) is 12.3 Å². The van der Waals surface area contributed by atoms with E-state index in [0.29, 0.717) is 28.3 Å². The minimum atomic E-state index is -4.39. The second kappa shape index (κ2) is 7.24. The average Bonchev–Trinajstić information content (AvgIpc) is 3.15. The summed E-state index contributed by atoms with van der Waals surface area (Å²) in [7, 11) is 0. The monoisotopic (exact) mass is 394 g/mol. The second-order valence-corrected chi connectivity index (χ2v) is 6.24. The van der Waals surface area contributed by atoms with Crippen LogP contribution in [-0.4, -0.2) is 19.5 Å². The van der Waals surface area contributed by atoms with Crippen molar-refractivity contribution in [1.82, 2.24) is 19.5 Å². The van der Waals surface area contributed by atoms with Gasteiger partial charge in [0, 0.05) is 6.54 Å². The molecule has 0 spiro atoms. The molecule has 0 saturated heterocycles. The number of alkyl halides is 3. The summed E-state index contributed by atoms with van der Waals surface area (Å²) in [6.45, 7) is 0.165. The molecule has 0 bridgehead atoms. The van der Waals surface area contributed by atoms with Crippen molar-refractivity contribution >= 4 is 16.9 Å². The highest BCUT2D eigenvalue weighted by atomic mass is 19.4. The van der Waals surface area contributed by atoms with Gasteiger partial charge >= 0.3 is 6.18 Å². The van der Waals surface area contributed by atoms with E-state index in [0.717, 1.165) is 17.6 Å². The number of benzene rings is 2. The van der Waals surface area contributed by atoms with Crippen LogP contribution >= 0.6 is 0 Å². The van der Waals surface area contributed by atoms with Gasteiger partial charge in [-0.05, 0) is 35.9 Å². The number of nitrogens with one attached hydrogen (secondary N) is 1. The molecule has 144 valence electrons. The quantitative estimate of drug-likeness (QED) is 0.558. The molecule has 0 atom stereocenters. The van der Waals surface area contributed by atoms with Gasteiger partial charge in [-0.25, -0.2) is 9.97 Å². The van der Waals surface area contributed by atoms with Crippen LogP contribution in [0.25, 0.3) is 16.9 Å². The first kappa shape index (κ1) is 18.4. The zero-order chi connectivity index (χ0) is 20.4. The predicted octanol–water partition coefficient (Wildman–Crippen LogP) is 4.32. The van der Waals surface area contributed by atoms with Crippen LogP contribution in [0.5, 0.6) is 0 Å². The van der Waals surface area contributed by atoms with Crippen molar-refractivity contribution in [1.29, 1.82) is 5.26 Å². The SMILES string of the molecule is N#Cc1ccc2c(c1)ncn2-c1cncc(NCc2cccc(C(F)(F)F)c2)n1. The fourth-order valence-electron chi connectivity index (χ4n) is 2.87. The number of rotatable bonds is 4. The van der Waals surface area contributed by atoms with Crippen molar-refractivity contribution in [3.05, 3.63) is 77.9 Å². The van der Waals surface area contributed by atoms with Crippen LogP contribution in [0.2, 0.25) is 0 Å². The molecule has 0 unspecified atom stereocenters. The van der Waals surface area contributed by atoms with Crippen LogP contribution in [0.15, 0.2) is 61.2 Å². The Hall–Kier alpha value is -3.93. The zero-order valence-corrected chi connectivity index (χ0v) is 14.9. The lowest BCUT2D eigenvalue weighted by molar-refractivity contribution is -0.137. The van der Waals surface area contributed by atoms with Gasteiger partial charge in [-0.1, -0.05) is 12.1 Å². The number of nitrogens with zero attached hydrogens (tertiary/aromatic N) is 5. The van der Waals surface area contributed by atoms with Crippen LogP contribution in [-0.2, 0) is 12.7 Å². The first-order valence-electron chi connectivity index (χ1n) is 8.54. The Balaban J connectivity index is 1.57. The van der Waals surface area contributed by atoms with Gasteiger partial charge in [0.05, 0.1) is 40.6 Å². The van der Waals surface area contributed by atoms with E-state index in [-0.39, 0.29) is 6.54 Å². The van der Waals surface area contributed by atoms with Crippen LogP contribution in [0.4, 0.5) is 19.0 Å². The van der Waals surface area contributed by atoms with E-state index in [2.05, 4.69) is 26.3 Å². The molecule has 0 radical (unpaired) electrons. The van der Waals surface area contributed by atoms with Crippen molar-refractivity contribution in [2.24, 2.45) is 0 Å². The van der Waals surface area contributed by atoms with Gasteiger partial charge in [0.25, 0.3) is 0 Å². The molecule has 0 aliphatic rings. The largest absolute Gasteiger partial charge is 0.416 e. The first-order valence-corrected chi connectivity index (χ1v) is 8.54. The fourth-order valence-corrected chi connectivity index (χ4v) is 2.87. The summed E-state index contributed by atoms with van der Waals surface area (Å²) in [5.41, 5.74) is 1.69. The van der Waals surface area contributed by atoms with Crippen LogP contribution in [0, 0.1) is 11.3 Å². The topological polar surface area (TPSA) is 79.4 Å². The molecule has 2 heterocycles. The average molecular weight is 394 g/mol. The third kappa shape index (κ3) is 3.87. The van der Waals surface area contributed by atoms with Crippen molar-refractivity contribution in [2.45, 2.75) is 12.7 Å². The summed E-state index contributed by atoms with van der Waals surface area (Å²) >= 11 is 0. The van der Waals surface area contributed by atoms with E-state index in [9.17, 15) is 13.2 Å². The Morgan fingerprint density at radius 1 is 1.10 bits per heavy atom. The van der Waals surface area contributed by atoms with Crippen molar-refractivity contribution < 1.29 is 13.2 Å². The maximum Gasteiger partial charge on any atom is 0.416 e. The van der Waals surface area contributed by atoms with Gasteiger partial charge in [0.1, 0.15) is 12.1 Å². The van der Waals surface area contributed by atoms with E-state index >= 15 is 0 Å². The minimum Gasteiger partial charge on any atom is -0.365 e. The molecule has 2 aromatic heterocycles. The number of hydrogen-bond donors (Lipinski definition) is 1. The summed E-state index contributed by atoms with van der Waals surface area (Å²) in [5.74, 6) is 0.904. The summed E-state index contributed by atoms with van der Waals surface area (Å²) < 4.78 is 40.3. The van der Waals surface area contributed by atoms with Crippen molar-refractivity contribution in [3.8, 4) is 11.9 Å². The lowest BCUT2D eigenvalue weighted by Gasteiger charge is -2.10. The molecule has 6 nitrogen and oxygen atoms in total. The molecule has 29 heavy (non-hydrogen) atoms. The maximum absolute atomic E-state index is 12.8. The van der Waals surface area contributed by atoms with E-state index in [1.54, 1.807) is 41.4 Å². The van der Waals surface area contributed by atoms with Gasteiger partial charge < -0.3 is 5.32 Å². The molecule has 9 heteroatoms. The fraction of sp³-hybridized carbons (Fsp3) is 0.100. The second-order valence-electron chi connectivity index (χ2n) is 6.24. The molecule has 0 aliphatic carbocycles. The standard InChI is InChI=1S/C20H13F3N6/c21-20(22,23)15-3-1-2-14(6-15)9-26-18-10-25-11-19(28-18)29-12-27-16-7-13(8-24)4-5-17(16)29/h1-7,10-12H,9H2,(H,26,28). The molecule has 0 amide bonds. The number of halogens is 3. The molecule has 0 fully saturated rings. The number of hydrogen-bond acceptors (Lipinski definition) is 5. The number of fused-ring (bicyclic) bond motifs is 1. The Morgan fingerprint density at radius 2 is 1.97 bits per heavy atom. The summed E-state index contributed by atoms with van der Waals surface area (Å²) in [4.78, 5) is 12.9. The van der Waals surface area contributed by atoms with Crippen LogP contribution in [0.3, 0.4) is 0 Å². The molecular weight excluding hydrogens is 381 g/mol. The Morgan fingerprint density at radius 3 is 2.76 bits per heavy atom. The molecule has 4 aromatic rings. The molecule has 2 aromatic carbocycles. The highest BCUT2D eigenvalue weighted by Crippen LogP contribution is 2.29. The Kier molecular flexibility index (Phi) is 4.60. The summed E-state index contributed by atoms with van der Waals surface area (Å²) in [6, 6.07) is 12.3. The summed E-state index contributed by atoms with van der Waals surface area (Å²) in [5, 5.41) is 12.0. The molecule has 0 saturated carbocycles. The number of anilines is 1. The number of nitriles is 1. The Bertz CT molecular complexity index is 1220. The van der Waals surface area contributed by atoms with E-state index in [4.69, 9.17) is 5.26 Å². The zero-order valence-electron chi connectivity index (χ0n) is 14.9. The smallest absolute Gasteiger partial charge is 0.365 e. The van der Waals surface area contributed by atoms with Crippen LogP contribution in [0.1, 0.15) is 16.7 Å².